The van der Waals surface area contributed by atoms with Gasteiger partial charge in [0, 0.05) is 29.1 Å². The van der Waals surface area contributed by atoms with Crippen molar-refractivity contribution in [1.29, 1.82) is 0 Å². The number of rotatable bonds is 7. The molecule has 0 amide bonds. The quantitative estimate of drug-likeness (QED) is 0.194. The lowest BCUT2D eigenvalue weighted by Gasteiger charge is -2.14. The van der Waals surface area contributed by atoms with E-state index in [2.05, 4.69) is 35.5 Å². The first-order chi connectivity index (χ1) is 18.5. The normalized spacial score (nSPS) is 12.3. The Kier molecular flexibility index (Phi) is 6.01. The molecular formula is C28H23F2N7O. The number of nitrogens with one attached hydrogen (secondary N) is 3. The van der Waals surface area contributed by atoms with E-state index in [4.69, 9.17) is 0 Å². The third kappa shape index (κ3) is 4.24. The molecule has 0 bridgehead atoms. The second-order valence-electron chi connectivity index (χ2n) is 8.98. The molecule has 0 aliphatic heterocycles. The van der Waals surface area contributed by atoms with Gasteiger partial charge in [-0.1, -0.05) is 25.5 Å². The molecule has 0 radical (unpaired) electrons. The van der Waals surface area contributed by atoms with Gasteiger partial charge in [-0.15, -0.1) is 0 Å². The Labute approximate surface area is 215 Å². The second-order valence-corrected chi connectivity index (χ2v) is 8.98. The van der Waals surface area contributed by atoms with E-state index in [1.54, 1.807) is 48.9 Å². The van der Waals surface area contributed by atoms with E-state index >= 15 is 4.39 Å². The molecule has 1 atom stereocenters. The van der Waals surface area contributed by atoms with E-state index in [-0.39, 0.29) is 11.2 Å². The number of pyridine rings is 2. The van der Waals surface area contributed by atoms with Gasteiger partial charge in [0.25, 0.3) is 0 Å². The fourth-order valence-corrected chi connectivity index (χ4v) is 4.56. The summed E-state index contributed by atoms with van der Waals surface area (Å²) in [6.07, 6.45) is 5.46. The van der Waals surface area contributed by atoms with Gasteiger partial charge in [0.15, 0.2) is 11.5 Å². The summed E-state index contributed by atoms with van der Waals surface area (Å²) in [5, 5.41) is 20.6. The molecule has 0 aliphatic rings. The predicted molar refractivity (Wildman–Crippen MR) is 142 cm³/mol. The number of anilines is 1. The molecular weight excluding hydrogens is 488 g/mol. The van der Waals surface area contributed by atoms with Crippen molar-refractivity contribution < 1.29 is 13.9 Å². The minimum Gasteiger partial charge on any atom is -0.374 e. The standard InChI is InChI=1S/C28H23F2N7O/c1-2-3-22(38)33-18-12-16(13-31-14-18)19-8-9-21-23(24(19)30)26(37-36-21)28-34-25-20(10-11-32-27(25)35-28)15-4-6-17(29)7-5-15/h4-14,22,33,38H,2-3H2,1H3,(H,36,37)(H,32,34,35). The van der Waals surface area contributed by atoms with Crippen molar-refractivity contribution in [2.45, 2.75) is 26.0 Å². The lowest BCUT2D eigenvalue weighted by molar-refractivity contribution is 0.192. The van der Waals surface area contributed by atoms with Gasteiger partial charge in [-0.05, 0) is 48.4 Å². The molecule has 6 aromatic rings. The second kappa shape index (κ2) is 9.64. The molecule has 0 spiro atoms. The van der Waals surface area contributed by atoms with Crippen LogP contribution >= 0.6 is 0 Å². The lowest BCUT2D eigenvalue weighted by Crippen LogP contribution is -2.18. The molecule has 0 saturated heterocycles. The lowest BCUT2D eigenvalue weighted by atomic mass is 10.0. The molecule has 6 rings (SSSR count). The molecule has 4 aromatic heterocycles. The largest absolute Gasteiger partial charge is 0.374 e. The highest BCUT2D eigenvalue weighted by Gasteiger charge is 2.21. The van der Waals surface area contributed by atoms with Crippen molar-refractivity contribution in [1.82, 2.24) is 30.1 Å². The van der Waals surface area contributed by atoms with Gasteiger partial charge in [-0.3, -0.25) is 10.1 Å². The van der Waals surface area contributed by atoms with Crippen LogP contribution in [0.15, 0.2) is 67.1 Å². The Morgan fingerprint density at radius 1 is 1.00 bits per heavy atom. The highest BCUT2D eigenvalue weighted by atomic mass is 19.1. The van der Waals surface area contributed by atoms with Gasteiger partial charge in [0.1, 0.15) is 23.6 Å². The average molecular weight is 512 g/mol. The van der Waals surface area contributed by atoms with Crippen LogP contribution in [0.3, 0.4) is 0 Å². The maximum atomic E-state index is 16.0. The molecule has 2 aromatic carbocycles. The van der Waals surface area contributed by atoms with Crippen LogP contribution in [0.5, 0.6) is 0 Å². The zero-order valence-corrected chi connectivity index (χ0v) is 20.3. The highest BCUT2D eigenvalue weighted by Crippen LogP contribution is 2.35. The van der Waals surface area contributed by atoms with Crippen LogP contribution in [-0.4, -0.2) is 41.5 Å². The smallest absolute Gasteiger partial charge is 0.178 e. The Morgan fingerprint density at radius 2 is 1.84 bits per heavy atom. The Balaban J connectivity index is 1.43. The zero-order valence-electron chi connectivity index (χ0n) is 20.3. The number of hydrogen-bond donors (Lipinski definition) is 4. The molecule has 10 heteroatoms. The summed E-state index contributed by atoms with van der Waals surface area (Å²) in [6.45, 7) is 1.98. The van der Waals surface area contributed by atoms with Crippen molar-refractivity contribution in [3.63, 3.8) is 0 Å². The Morgan fingerprint density at radius 3 is 2.66 bits per heavy atom. The third-order valence-corrected chi connectivity index (χ3v) is 6.38. The summed E-state index contributed by atoms with van der Waals surface area (Å²) in [7, 11) is 0. The Hall–Kier alpha value is -4.70. The number of nitrogens with zero attached hydrogens (tertiary/aromatic N) is 4. The molecule has 1 unspecified atom stereocenters. The minimum atomic E-state index is -0.716. The molecule has 0 saturated carbocycles. The number of aromatic amines is 2. The van der Waals surface area contributed by atoms with E-state index in [0.717, 1.165) is 17.5 Å². The molecule has 190 valence electrons. The third-order valence-electron chi connectivity index (χ3n) is 6.38. The molecule has 0 fully saturated rings. The van der Waals surface area contributed by atoms with Crippen LogP contribution in [-0.2, 0) is 0 Å². The van der Waals surface area contributed by atoms with E-state index < -0.39 is 12.0 Å². The van der Waals surface area contributed by atoms with Gasteiger partial charge < -0.3 is 15.4 Å². The summed E-state index contributed by atoms with van der Waals surface area (Å²) in [5.41, 5.74) is 4.94. The number of aliphatic hydroxyl groups excluding tert-OH is 1. The fourth-order valence-electron chi connectivity index (χ4n) is 4.56. The number of aliphatic hydroxyl groups is 1. The predicted octanol–water partition coefficient (Wildman–Crippen LogP) is 6.04. The number of halogens is 2. The molecule has 4 N–H and O–H groups in total. The van der Waals surface area contributed by atoms with E-state index in [1.807, 2.05) is 13.0 Å². The summed E-state index contributed by atoms with van der Waals surface area (Å²) >= 11 is 0. The van der Waals surface area contributed by atoms with Gasteiger partial charge in [-0.25, -0.2) is 18.7 Å². The van der Waals surface area contributed by atoms with E-state index in [0.29, 0.717) is 51.4 Å². The van der Waals surface area contributed by atoms with Gasteiger partial charge in [0.2, 0.25) is 0 Å². The molecule has 38 heavy (non-hydrogen) atoms. The topological polar surface area (TPSA) is 115 Å². The molecule has 8 nitrogen and oxygen atoms in total. The van der Waals surface area contributed by atoms with Crippen molar-refractivity contribution in [2.24, 2.45) is 0 Å². The number of fused-ring (bicyclic) bond motifs is 2. The summed E-state index contributed by atoms with van der Waals surface area (Å²) in [6, 6.07) is 13.1. The number of imidazole rings is 1. The summed E-state index contributed by atoms with van der Waals surface area (Å²) < 4.78 is 29.5. The first-order valence-electron chi connectivity index (χ1n) is 12.2. The van der Waals surface area contributed by atoms with Gasteiger partial charge in [0.05, 0.1) is 28.3 Å². The fraction of sp³-hybridized carbons (Fsp3) is 0.143. The van der Waals surface area contributed by atoms with Crippen LogP contribution in [0.25, 0.3) is 55.8 Å². The van der Waals surface area contributed by atoms with Crippen molar-refractivity contribution in [3.05, 3.63) is 78.8 Å². The Bertz CT molecular complexity index is 1760. The van der Waals surface area contributed by atoms with Crippen LogP contribution in [0.4, 0.5) is 14.5 Å². The van der Waals surface area contributed by atoms with Crippen LogP contribution in [0, 0.1) is 11.6 Å². The number of aromatic nitrogens is 6. The number of hydrogen-bond acceptors (Lipinski definition) is 6. The van der Waals surface area contributed by atoms with Crippen molar-refractivity contribution in [2.75, 3.05) is 5.32 Å². The van der Waals surface area contributed by atoms with E-state index in [1.165, 1.54) is 12.1 Å². The molecule has 0 aliphatic carbocycles. The maximum absolute atomic E-state index is 16.0. The average Bonchev–Trinajstić information content (AvgIpc) is 3.54. The number of benzene rings is 2. The monoisotopic (exact) mass is 511 g/mol. The number of H-pyrrole nitrogens is 2. The highest BCUT2D eigenvalue weighted by molar-refractivity contribution is 5.98. The van der Waals surface area contributed by atoms with Crippen LogP contribution < -0.4 is 5.32 Å². The van der Waals surface area contributed by atoms with Crippen molar-refractivity contribution >= 4 is 27.8 Å². The van der Waals surface area contributed by atoms with Gasteiger partial charge in [-0.2, -0.15) is 5.10 Å². The maximum Gasteiger partial charge on any atom is 0.178 e. The minimum absolute atomic E-state index is 0.272. The van der Waals surface area contributed by atoms with Crippen LogP contribution in [0.2, 0.25) is 0 Å². The van der Waals surface area contributed by atoms with Crippen molar-refractivity contribution in [3.8, 4) is 33.8 Å². The van der Waals surface area contributed by atoms with E-state index in [9.17, 15) is 9.50 Å². The SMILES string of the molecule is CCCC(O)Nc1cncc(-c2ccc3[nH]nc(-c4nc5nccc(-c6ccc(F)cc6)c5[nH]4)c3c2F)c1. The van der Waals surface area contributed by atoms with Gasteiger partial charge >= 0.3 is 0 Å². The first kappa shape index (κ1) is 23.7. The van der Waals surface area contributed by atoms with Crippen LogP contribution in [0.1, 0.15) is 19.8 Å². The zero-order chi connectivity index (χ0) is 26.2. The summed E-state index contributed by atoms with van der Waals surface area (Å²) in [4.78, 5) is 16.4. The first-order valence-corrected chi connectivity index (χ1v) is 12.2. The summed E-state index contributed by atoms with van der Waals surface area (Å²) in [5.74, 6) is -0.459. The molecule has 4 heterocycles.